The summed E-state index contributed by atoms with van der Waals surface area (Å²) in [5, 5.41) is 3.90. The van der Waals surface area contributed by atoms with Crippen molar-refractivity contribution < 1.29 is 9.35 Å². The largest absolute Gasteiger partial charge is 0.294 e. The van der Waals surface area contributed by atoms with Crippen molar-refractivity contribution in [3.8, 4) is 33.5 Å². The van der Waals surface area contributed by atoms with Crippen LogP contribution in [0.3, 0.4) is 0 Å². The Morgan fingerprint density at radius 2 is 1.11 bits per heavy atom. The van der Waals surface area contributed by atoms with Gasteiger partial charge in [0.2, 0.25) is 12.4 Å². The Morgan fingerprint density at radius 1 is 0.435 bits per heavy atom. The molecule has 46 heavy (non-hydrogen) atoms. The minimum Gasteiger partial charge on any atom is -0.0622 e. The first-order valence-corrected chi connectivity index (χ1v) is 16.1. The first kappa shape index (κ1) is 23.5. The number of hydrogen-bond acceptors (Lipinski definition) is 0. The van der Waals surface area contributed by atoms with E-state index >= 15 is 0 Å². The molecular weight excluding hydrogens is 558 g/mol. The zero-order chi connectivity index (χ0) is 29.8. The van der Waals surface area contributed by atoms with Crippen LogP contribution in [0, 0.1) is 0 Å². The second-order valence-corrected chi connectivity index (χ2v) is 13.1. The second kappa shape index (κ2) is 7.66. The van der Waals surface area contributed by atoms with Crippen molar-refractivity contribution in [2.45, 2.75) is 5.41 Å². The molecular formula is C43H26N3+3. The zero-order valence-electron chi connectivity index (χ0n) is 24.9. The monoisotopic (exact) mass is 584 g/mol. The molecule has 6 aromatic carbocycles. The van der Waals surface area contributed by atoms with Crippen LogP contribution in [0.2, 0.25) is 0 Å². The molecule has 0 bridgehead atoms. The van der Waals surface area contributed by atoms with Crippen LogP contribution in [0.4, 0.5) is 11.4 Å². The van der Waals surface area contributed by atoms with Crippen LogP contribution in [0.1, 0.15) is 22.3 Å². The number of para-hydroxylation sites is 1. The standard InChI is InChI=1S/C43H26N3/c1-2-10-27(11-3-1)30-23-25-44-38(26-30)33-15-8-18-36-41(33)46(44)42-37(22-21-28-19-20-29-12-9-24-45(46)40(29)39(28)42)43(36)34-16-6-4-13-31(34)32-14-5-7-17-35(32)43/h1-26H/q+3. The molecule has 0 amide bonds. The molecule has 1 atom stereocenters. The fraction of sp³-hybridized carbons (Fsp3) is 0.0233. The number of rotatable bonds is 1. The third-order valence-electron chi connectivity index (χ3n) is 11.3. The minimum atomic E-state index is -0.445. The van der Waals surface area contributed by atoms with Crippen LogP contribution >= 0.6 is 0 Å². The third kappa shape index (κ3) is 2.30. The molecule has 0 saturated carbocycles. The number of benzene rings is 6. The Labute approximate surface area is 265 Å². The summed E-state index contributed by atoms with van der Waals surface area (Å²) < 4.78 is 5.56. The van der Waals surface area contributed by atoms with E-state index in [-0.39, 0.29) is 0 Å². The highest BCUT2D eigenvalue weighted by Crippen LogP contribution is 2.67. The number of hydrogen-bond donors (Lipinski definition) is 0. The normalized spacial score (nSPS) is 17.8. The molecule has 5 heterocycles. The molecule has 0 fully saturated rings. The van der Waals surface area contributed by atoms with E-state index in [2.05, 4.69) is 167 Å². The summed E-state index contributed by atoms with van der Waals surface area (Å²) in [6.45, 7) is 0. The summed E-state index contributed by atoms with van der Waals surface area (Å²) in [4.78, 5) is 0. The van der Waals surface area contributed by atoms with Crippen LogP contribution in [0.25, 0.3) is 55.2 Å². The number of pyridine rings is 2. The molecule has 0 saturated heterocycles. The molecule has 0 N–H and O–H groups in total. The molecule has 210 valence electrons. The van der Waals surface area contributed by atoms with Gasteiger partial charge in [-0.15, -0.1) is 0 Å². The van der Waals surface area contributed by atoms with Crippen molar-refractivity contribution in [1.29, 1.82) is 0 Å². The van der Waals surface area contributed by atoms with Crippen LogP contribution in [-0.4, -0.2) is 0 Å². The van der Waals surface area contributed by atoms with Gasteiger partial charge in [0.15, 0.2) is 4.70 Å². The van der Waals surface area contributed by atoms with Gasteiger partial charge < -0.3 is 0 Å². The van der Waals surface area contributed by atoms with Gasteiger partial charge in [-0.3, -0.25) is 0 Å². The van der Waals surface area contributed by atoms with Gasteiger partial charge in [-0.05, 0) is 57.0 Å². The van der Waals surface area contributed by atoms with Crippen LogP contribution in [0.5, 0.6) is 0 Å². The highest BCUT2D eigenvalue weighted by molar-refractivity contribution is 6.15. The van der Waals surface area contributed by atoms with Crippen molar-refractivity contribution in [3.05, 3.63) is 180 Å². The van der Waals surface area contributed by atoms with Gasteiger partial charge in [0.05, 0.1) is 20.2 Å². The summed E-state index contributed by atoms with van der Waals surface area (Å²) >= 11 is 0. The van der Waals surface area contributed by atoms with E-state index in [0.717, 1.165) is 0 Å². The number of quaternary nitrogens is 1. The number of aromatic nitrogens is 2. The van der Waals surface area contributed by atoms with Crippen LogP contribution in [-0.2, 0) is 5.41 Å². The number of fused-ring (bicyclic) bond motifs is 9. The van der Waals surface area contributed by atoms with E-state index in [9.17, 15) is 0 Å². The van der Waals surface area contributed by atoms with Crippen molar-refractivity contribution in [1.82, 2.24) is 4.70 Å². The van der Waals surface area contributed by atoms with E-state index in [0.29, 0.717) is 4.70 Å². The van der Waals surface area contributed by atoms with Crippen molar-refractivity contribution >= 4 is 33.1 Å². The lowest BCUT2D eigenvalue weighted by atomic mass is 9.64. The molecule has 4 aliphatic rings. The van der Waals surface area contributed by atoms with Gasteiger partial charge in [-0.25, -0.2) is 0 Å². The van der Waals surface area contributed by atoms with Gasteiger partial charge in [0.1, 0.15) is 10.9 Å². The Kier molecular flexibility index (Phi) is 3.91. The van der Waals surface area contributed by atoms with Gasteiger partial charge in [-0.1, -0.05) is 109 Å². The first-order valence-electron chi connectivity index (χ1n) is 16.1. The molecule has 12 rings (SSSR count). The molecule has 8 aromatic rings. The van der Waals surface area contributed by atoms with E-state index in [1.54, 1.807) is 0 Å². The lowest BCUT2D eigenvalue weighted by Crippen LogP contribution is -2.82. The summed E-state index contributed by atoms with van der Waals surface area (Å²) in [7, 11) is 0. The fourth-order valence-corrected chi connectivity index (χ4v) is 9.70. The maximum absolute atomic E-state index is 2.54. The van der Waals surface area contributed by atoms with Gasteiger partial charge >= 0.3 is 0 Å². The average Bonchev–Trinajstić information content (AvgIpc) is 3.72. The molecule has 3 heteroatoms. The molecule has 2 aromatic heterocycles. The number of nitrogens with zero attached hydrogens (tertiary/aromatic N) is 3. The highest BCUT2D eigenvalue weighted by atomic mass is 15.9. The van der Waals surface area contributed by atoms with Crippen LogP contribution < -0.4 is 14.1 Å². The van der Waals surface area contributed by atoms with E-state index in [4.69, 9.17) is 0 Å². The topological polar surface area (TPSA) is 7.76 Å². The maximum atomic E-state index is 2.54. The molecule has 3 aliphatic heterocycles. The highest BCUT2D eigenvalue weighted by Gasteiger charge is 2.74. The SMILES string of the molecule is c1ccc(-c2cc[n+]3c(c2)-c2cccc4c2[N+]32c3c(ccc5ccc6ccc[n+]2c6c35)C42c3ccccc3-c3ccccc32)cc1. The van der Waals surface area contributed by atoms with Gasteiger partial charge in [0, 0.05) is 29.3 Å². The molecule has 2 spiro atoms. The van der Waals surface area contributed by atoms with Gasteiger partial charge in [0.25, 0.3) is 22.6 Å². The van der Waals surface area contributed by atoms with Crippen LogP contribution in [0.15, 0.2) is 158 Å². The summed E-state index contributed by atoms with van der Waals surface area (Å²) in [5.74, 6) is 0. The van der Waals surface area contributed by atoms with Crippen molar-refractivity contribution in [2.24, 2.45) is 0 Å². The van der Waals surface area contributed by atoms with Crippen molar-refractivity contribution in [2.75, 3.05) is 0 Å². The Balaban J connectivity index is 1.35. The lowest BCUT2D eigenvalue weighted by molar-refractivity contribution is -1.02. The first-order chi connectivity index (χ1) is 22.8. The third-order valence-corrected chi connectivity index (χ3v) is 11.3. The van der Waals surface area contributed by atoms with Gasteiger partial charge in [-0.2, -0.15) is 0 Å². The predicted molar refractivity (Wildman–Crippen MR) is 182 cm³/mol. The Hall–Kier alpha value is -5.90. The Bertz CT molecular complexity index is 2660. The fourth-order valence-electron chi connectivity index (χ4n) is 9.70. The second-order valence-electron chi connectivity index (χ2n) is 13.1. The minimum absolute atomic E-state index is 0.445. The average molecular weight is 585 g/mol. The van der Waals surface area contributed by atoms with Crippen molar-refractivity contribution in [3.63, 3.8) is 0 Å². The summed E-state index contributed by atoms with van der Waals surface area (Å²) in [6, 6.07) is 54.7. The summed E-state index contributed by atoms with van der Waals surface area (Å²) in [5.41, 5.74) is 16.7. The van der Waals surface area contributed by atoms with E-state index in [1.807, 2.05) is 0 Å². The molecule has 1 unspecified atom stereocenters. The Morgan fingerprint density at radius 3 is 1.93 bits per heavy atom. The maximum Gasteiger partial charge on any atom is 0.294 e. The lowest BCUT2D eigenvalue weighted by Gasteiger charge is -2.38. The van der Waals surface area contributed by atoms with E-state index in [1.165, 1.54) is 88.8 Å². The predicted octanol–water partition coefficient (Wildman–Crippen LogP) is 8.77. The molecule has 0 radical (unpaired) electrons. The smallest absolute Gasteiger partial charge is 0.0622 e. The zero-order valence-corrected chi connectivity index (χ0v) is 24.9. The van der Waals surface area contributed by atoms with E-state index < -0.39 is 5.41 Å². The molecule has 3 nitrogen and oxygen atoms in total. The quantitative estimate of drug-likeness (QED) is 0.104. The summed E-state index contributed by atoms with van der Waals surface area (Å²) in [6.07, 6.45) is 4.63. The molecule has 1 aliphatic carbocycles.